The molecule has 27 heavy (non-hydrogen) atoms. The van der Waals surface area contributed by atoms with Crippen LogP contribution in [0.15, 0.2) is 76.9 Å². The summed E-state index contributed by atoms with van der Waals surface area (Å²) in [6.45, 7) is 0. The van der Waals surface area contributed by atoms with Crippen molar-refractivity contribution in [1.29, 1.82) is 5.26 Å². The zero-order valence-electron chi connectivity index (χ0n) is 13.8. The van der Waals surface area contributed by atoms with Crippen LogP contribution in [0, 0.1) is 17.1 Å². The van der Waals surface area contributed by atoms with Crippen molar-refractivity contribution >= 4 is 11.8 Å². The number of hydrogen-bond acceptors (Lipinski definition) is 6. The van der Waals surface area contributed by atoms with Gasteiger partial charge in [0.15, 0.2) is 11.5 Å². The van der Waals surface area contributed by atoms with Crippen LogP contribution in [0.3, 0.4) is 0 Å². The van der Waals surface area contributed by atoms with E-state index in [4.69, 9.17) is 5.26 Å². The van der Waals surface area contributed by atoms with Crippen LogP contribution in [0.25, 0.3) is 17.1 Å². The molecule has 0 aliphatic carbocycles. The van der Waals surface area contributed by atoms with Crippen molar-refractivity contribution in [2.24, 2.45) is 0 Å². The molecule has 0 radical (unpaired) electrons. The number of rotatable bonds is 4. The molecule has 4 rings (SSSR count). The number of nitrogens with zero attached hydrogens (tertiary/aromatic N) is 6. The Hall–Kier alpha value is -3.57. The highest BCUT2D eigenvalue weighted by Gasteiger charge is 2.17. The lowest BCUT2D eigenvalue weighted by Crippen LogP contribution is -2.00. The Morgan fingerprint density at radius 1 is 0.852 bits per heavy atom. The number of hydrogen-bond donors (Lipinski definition) is 0. The highest BCUT2D eigenvalue weighted by atomic mass is 32.2. The van der Waals surface area contributed by atoms with E-state index in [0.29, 0.717) is 16.0 Å². The molecule has 0 aliphatic heterocycles. The lowest BCUT2D eigenvalue weighted by Gasteiger charge is -2.10. The summed E-state index contributed by atoms with van der Waals surface area (Å²) < 4.78 is 15.2. The Labute approximate surface area is 158 Å². The van der Waals surface area contributed by atoms with Gasteiger partial charge in [-0.05, 0) is 60.3 Å². The van der Waals surface area contributed by atoms with Gasteiger partial charge in [-0.3, -0.25) is 4.57 Å². The molecule has 4 aromatic rings. The molecule has 2 aromatic heterocycles. The Balaban J connectivity index is 1.79. The van der Waals surface area contributed by atoms with Crippen LogP contribution >= 0.6 is 11.8 Å². The van der Waals surface area contributed by atoms with Crippen LogP contribution < -0.4 is 0 Å². The molecule has 0 saturated heterocycles. The lowest BCUT2D eigenvalue weighted by molar-refractivity contribution is 0.628. The molecule has 2 heterocycles. The smallest absolute Gasteiger partial charge is 0.202 e. The van der Waals surface area contributed by atoms with E-state index >= 15 is 0 Å². The van der Waals surface area contributed by atoms with Gasteiger partial charge in [-0.15, -0.1) is 20.4 Å². The molecule has 0 unspecified atom stereocenters. The van der Waals surface area contributed by atoms with Gasteiger partial charge in [0.2, 0.25) is 5.16 Å². The van der Waals surface area contributed by atoms with Gasteiger partial charge in [0.1, 0.15) is 16.9 Å². The maximum absolute atomic E-state index is 13.3. The number of nitriles is 1. The third-order valence-electron chi connectivity index (χ3n) is 3.70. The number of aromatic nitrogens is 5. The fourth-order valence-electron chi connectivity index (χ4n) is 2.46. The molecule has 0 bridgehead atoms. The zero-order valence-corrected chi connectivity index (χ0v) is 14.6. The largest absolute Gasteiger partial charge is 0.270 e. The molecule has 0 spiro atoms. The van der Waals surface area contributed by atoms with Crippen molar-refractivity contribution in [2.75, 3.05) is 0 Å². The summed E-state index contributed by atoms with van der Waals surface area (Å²) in [4.78, 5) is 0. The van der Waals surface area contributed by atoms with Crippen LogP contribution in [0.5, 0.6) is 0 Å². The van der Waals surface area contributed by atoms with Crippen molar-refractivity contribution in [2.45, 2.75) is 10.2 Å². The standard InChI is InChI=1S/C19H11FN6S/c20-14-8-6-13(7-9-14)18-24-25-19(26(18)16-4-2-1-3-5-16)27-17-11-10-15(12-21)22-23-17/h1-11H. The molecule has 0 atom stereocenters. The minimum atomic E-state index is -0.313. The van der Waals surface area contributed by atoms with Crippen molar-refractivity contribution in [3.63, 3.8) is 0 Å². The van der Waals surface area contributed by atoms with Crippen molar-refractivity contribution in [3.05, 3.63) is 78.2 Å². The van der Waals surface area contributed by atoms with E-state index < -0.39 is 0 Å². The second-order valence-corrected chi connectivity index (χ2v) is 6.44. The molecule has 8 heteroatoms. The zero-order chi connectivity index (χ0) is 18.6. The van der Waals surface area contributed by atoms with E-state index in [1.54, 1.807) is 24.3 Å². The SMILES string of the molecule is N#Cc1ccc(Sc2nnc(-c3ccc(F)cc3)n2-c2ccccc2)nn1. The van der Waals surface area contributed by atoms with E-state index in [-0.39, 0.29) is 11.5 Å². The van der Waals surface area contributed by atoms with Crippen LogP contribution in [0.1, 0.15) is 5.69 Å². The van der Waals surface area contributed by atoms with Crippen molar-refractivity contribution < 1.29 is 4.39 Å². The van der Waals surface area contributed by atoms with Gasteiger partial charge in [-0.2, -0.15) is 5.26 Å². The Bertz CT molecular complexity index is 1100. The fraction of sp³-hybridized carbons (Fsp3) is 0. The number of para-hydroxylation sites is 1. The summed E-state index contributed by atoms with van der Waals surface area (Å²) in [5.74, 6) is 0.275. The summed E-state index contributed by atoms with van der Waals surface area (Å²) in [5, 5.41) is 26.5. The van der Waals surface area contributed by atoms with E-state index in [0.717, 1.165) is 11.3 Å². The van der Waals surface area contributed by atoms with Gasteiger partial charge >= 0.3 is 0 Å². The molecule has 0 amide bonds. The van der Waals surface area contributed by atoms with E-state index in [1.807, 2.05) is 41.0 Å². The summed E-state index contributed by atoms with van der Waals surface area (Å²) in [7, 11) is 0. The monoisotopic (exact) mass is 374 g/mol. The van der Waals surface area contributed by atoms with Crippen LogP contribution in [0.4, 0.5) is 4.39 Å². The molecular weight excluding hydrogens is 363 g/mol. The normalized spacial score (nSPS) is 10.5. The first-order chi connectivity index (χ1) is 13.2. The van der Waals surface area contributed by atoms with Gasteiger partial charge in [0.25, 0.3) is 0 Å². The number of halogens is 1. The van der Waals surface area contributed by atoms with E-state index in [2.05, 4.69) is 20.4 Å². The first-order valence-electron chi connectivity index (χ1n) is 7.93. The highest BCUT2D eigenvalue weighted by Crippen LogP contribution is 2.31. The molecule has 0 fully saturated rings. The van der Waals surface area contributed by atoms with Crippen LogP contribution in [-0.2, 0) is 0 Å². The number of benzene rings is 2. The maximum atomic E-state index is 13.3. The summed E-state index contributed by atoms with van der Waals surface area (Å²) in [6, 6.07) is 21.0. The second kappa shape index (κ2) is 7.35. The molecule has 6 nitrogen and oxygen atoms in total. The molecular formula is C19H11FN6S. The molecule has 0 saturated carbocycles. The average molecular weight is 374 g/mol. The van der Waals surface area contributed by atoms with E-state index in [1.165, 1.54) is 23.9 Å². The van der Waals surface area contributed by atoms with Gasteiger partial charge in [-0.25, -0.2) is 4.39 Å². The van der Waals surface area contributed by atoms with E-state index in [9.17, 15) is 4.39 Å². The lowest BCUT2D eigenvalue weighted by atomic mass is 10.2. The quantitative estimate of drug-likeness (QED) is 0.539. The van der Waals surface area contributed by atoms with Gasteiger partial charge in [0, 0.05) is 11.3 Å². The second-order valence-electron chi connectivity index (χ2n) is 5.45. The third kappa shape index (κ3) is 3.54. The predicted octanol–water partition coefficient (Wildman–Crippen LogP) is 3.89. The Morgan fingerprint density at radius 2 is 1.63 bits per heavy atom. The van der Waals surface area contributed by atoms with Crippen LogP contribution in [-0.4, -0.2) is 25.0 Å². The Morgan fingerprint density at radius 3 is 2.30 bits per heavy atom. The predicted molar refractivity (Wildman–Crippen MR) is 97.6 cm³/mol. The highest BCUT2D eigenvalue weighted by molar-refractivity contribution is 7.99. The fourth-order valence-corrected chi connectivity index (χ4v) is 3.23. The molecule has 0 N–H and O–H groups in total. The average Bonchev–Trinajstić information content (AvgIpc) is 3.13. The summed E-state index contributed by atoms with van der Waals surface area (Å²) in [6.07, 6.45) is 0. The Kier molecular flexibility index (Phi) is 4.60. The minimum Gasteiger partial charge on any atom is -0.270 e. The van der Waals surface area contributed by atoms with Gasteiger partial charge in [-0.1, -0.05) is 18.2 Å². The van der Waals surface area contributed by atoms with Crippen LogP contribution in [0.2, 0.25) is 0 Å². The molecule has 2 aromatic carbocycles. The van der Waals surface area contributed by atoms with Gasteiger partial charge < -0.3 is 0 Å². The van der Waals surface area contributed by atoms with Crippen molar-refractivity contribution in [3.8, 4) is 23.1 Å². The molecule has 130 valence electrons. The topological polar surface area (TPSA) is 80.3 Å². The summed E-state index contributed by atoms with van der Waals surface area (Å²) in [5.41, 5.74) is 1.85. The van der Waals surface area contributed by atoms with Crippen molar-refractivity contribution in [1.82, 2.24) is 25.0 Å². The summed E-state index contributed by atoms with van der Waals surface area (Å²) >= 11 is 1.28. The first-order valence-corrected chi connectivity index (χ1v) is 8.75. The molecule has 0 aliphatic rings. The van der Waals surface area contributed by atoms with Gasteiger partial charge in [0.05, 0.1) is 0 Å². The third-order valence-corrected chi connectivity index (χ3v) is 4.57. The first kappa shape index (κ1) is 16.9. The minimum absolute atomic E-state index is 0.246. The maximum Gasteiger partial charge on any atom is 0.202 e.